The lowest BCUT2D eigenvalue weighted by atomic mass is 9.98. The Morgan fingerprint density at radius 1 is 1.36 bits per heavy atom. The van der Waals surface area contributed by atoms with Gasteiger partial charge in [0, 0.05) is 26.2 Å². The number of hydrogen-bond acceptors (Lipinski definition) is 4. The monoisotopic (exact) mass is 388 g/mol. The molecular weight excluding hydrogens is 359 g/mol. The fraction of sp³-hybridized carbons (Fsp3) is 0.550. The van der Waals surface area contributed by atoms with Crippen LogP contribution < -0.4 is 11.1 Å². The van der Waals surface area contributed by atoms with Crippen LogP contribution in [0.3, 0.4) is 0 Å². The molecule has 28 heavy (non-hydrogen) atoms. The molecule has 0 saturated carbocycles. The van der Waals surface area contributed by atoms with Gasteiger partial charge in [0.05, 0.1) is 11.7 Å². The van der Waals surface area contributed by atoms with Crippen molar-refractivity contribution in [2.45, 2.75) is 45.2 Å². The summed E-state index contributed by atoms with van der Waals surface area (Å²) in [4.78, 5) is 14.3. The van der Waals surface area contributed by atoms with Gasteiger partial charge in [-0.1, -0.05) is 17.3 Å². The first kappa shape index (κ1) is 20.3. The molecule has 0 aliphatic carbocycles. The van der Waals surface area contributed by atoms with Crippen LogP contribution in [0.25, 0.3) is 0 Å². The van der Waals surface area contributed by atoms with Crippen LogP contribution in [0.15, 0.2) is 30.5 Å². The molecule has 7 nitrogen and oxygen atoms in total. The second-order valence-corrected chi connectivity index (χ2v) is 8.11. The Labute approximate surface area is 165 Å². The van der Waals surface area contributed by atoms with E-state index >= 15 is 0 Å². The molecule has 1 aliphatic rings. The van der Waals surface area contributed by atoms with E-state index in [1.165, 1.54) is 12.1 Å². The maximum absolute atomic E-state index is 12.9. The maximum atomic E-state index is 12.9. The molecule has 1 saturated heterocycles. The van der Waals surface area contributed by atoms with Crippen LogP contribution in [0, 0.1) is 11.7 Å². The Bertz CT molecular complexity index is 783. The van der Waals surface area contributed by atoms with Crippen molar-refractivity contribution < 1.29 is 9.18 Å². The maximum Gasteiger partial charge on any atom is 0.317 e. The van der Waals surface area contributed by atoms with E-state index in [9.17, 15) is 9.18 Å². The Kier molecular flexibility index (Phi) is 6.28. The van der Waals surface area contributed by atoms with Crippen molar-refractivity contribution >= 4 is 6.03 Å². The number of carbonyl (C=O) groups is 1. The minimum Gasteiger partial charge on any atom is -0.338 e. The van der Waals surface area contributed by atoms with Crippen molar-refractivity contribution in [3.63, 3.8) is 0 Å². The third-order valence-corrected chi connectivity index (χ3v) is 5.05. The van der Waals surface area contributed by atoms with Crippen LogP contribution in [0.2, 0.25) is 0 Å². The van der Waals surface area contributed by atoms with Gasteiger partial charge in [0.25, 0.3) is 0 Å². The molecule has 2 amide bonds. The molecule has 3 rings (SSSR count). The number of likely N-dealkylation sites (tertiary alicyclic amines) is 1. The number of nitrogens with one attached hydrogen (secondary N) is 1. The number of urea groups is 1. The van der Waals surface area contributed by atoms with E-state index in [0.717, 1.165) is 37.2 Å². The summed E-state index contributed by atoms with van der Waals surface area (Å²) in [6.07, 6.45) is 4.60. The minimum absolute atomic E-state index is 0.0471. The summed E-state index contributed by atoms with van der Waals surface area (Å²) < 4.78 is 14.8. The molecule has 152 valence electrons. The number of piperidine rings is 1. The Morgan fingerprint density at radius 2 is 2.11 bits per heavy atom. The van der Waals surface area contributed by atoms with Crippen LogP contribution in [0.5, 0.6) is 0 Å². The molecule has 3 N–H and O–H groups in total. The van der Waals surface area contributed by atoms with Gasteiger partial charge in [-0.15, -0.1) is 5.10 Å². The van der Waals surface area contributed by atoms with Crippen molar-refractivity contribution in [3.05, 3.63) is 47.5 Å². The van der Waals surface area contributed by atoms with E-state index in [-0.39, 0.29) is 11.8 Å². The zero-order chi connectivity index (χ0) is 20.1. The summed E-state index contributed by atoms with van der Waals surface area (Å²) in [5.41, 5.74) is 7.32. The van der Waals surface area contributed by atoms with Crippen molar-refractivity contribution in [2.75, 3.05) is 19.6 Å². The summed E-state index contributed by atoms with van der Waals surface area (Å²) in [6, 6.07) is 6.32. The van der Waals surface area contributed by atoms with E-state index in [0.29, 0.717) is 25.4 Å². The fourth-order valence-corrected chi connectivity index (χ4v) is 3.42. The number of benzene rings is 1. The number of hydrogen-bond donors (Lipinski definition) is 2. The zero-order valence-electron chi connectivity index (χ0n) is 16.6. The van der Waals surface area contributed by atoms with Crippen LogP contribution in [-0.4, -0.2) is 45.6 Å². The average molecular weight is 388 g/mol. The third kappa shape index (κ3) is 5.51. The lowest BCUT2D eigenvalue weighted by Gasteiger charge is -2.32. The first-order chi connectivity index (χ1) is 13.3. The van der Waals surface area contributed by atoms with E-state index < -0.39 is 5.54 Å². The van der Waals surface area contributed by atoms with Crippen molar-refractivity contribution in [1.82, 2.24) is 25.2 Å². The molecule has 0 radical (unpaired) electrons. The zero-order valence-corrected chi connectivity index (χ0v) is 16.6. The molecule has 2 heterocycles. The highest BCUT2D eigenvalue weighted by atomic mass is 19.1. The smallest absolute Gasteiger partial charge is 0.317 e. The molecule has 1 atom stereocenters. The molecule has 1 aliphatic heterocycles. The topological polar surface area (TPSA) is 89.1 Å². The van der Waals surface area contributed by atoms with E-state index in [4.69, 9.17) is 5.73 Å². The van der Waals surface area contributed by atoms with Crippen molar-refractivity contribution in [1.29, 1.82) is 0 Å². The number of nitrogens with two attached hydrogens (primary N) is 1. The highest BCUT2D eigenvalue weighted by Crippen LogP contribution is 2.19. The standard InChI is InChI=1S/C20H29FN6O/c1-20(2,22)18-14-27(25-24-18)13-16-4-3-11-26(12-16)19(28)23-10-9-15-5-7-17(21)8-6-15/h5-8,14,16H,3-4,9-13,22H2,1-2H3,(H,23,28). The average Bonchev–Trinajstić information content (AvgIpc) is 3.12. The van der Waals surface area contributed by atoms with Crippen molar-refractivity contribution in [2.24, 2.45) is 11.7 Å². The molecule has 1 fully saturated rings. The number of aromatic nitrogens is 3. The lowest BCUT2D eigenvalue weighted by Crippen LogP contribution is -2.46. The quantitative estimate of drug-likeness (QED) is 0.794. The molecule has 1 aromatic heterocycles. The Hall–Kier alpha value is -2.48. The number of rotatable bonds is 6. The SMILES string of the molecule is CC(C)(N)c1cn(CC2CCCN(C(=O)NCCc3ccc(F)cc3)C2)nn1. The van der Waals surface area contributed by atoms with Gasteiger partial charge in [-0.05, 0) is 56.7 Å². The fourth-order valence-electron chi connectivity index (χ4n) is 3.42. The molecule has 2 aromatic rings. The van der Waals surface area contributed by atoms with Gasteiger partial charge in [-0.3, -0.25) is 4.68 Å². The predicted octanol–water partition coefficient (Wildman–Crippen LogP) is 2.28. The van der Waals surface area contributed by atoms with Crippen LogP contribution in [0.1, 0.15) is 37.9 Å². The molecule has 1 aromatic carbocycles. The van der Waals surface area contributed by atoms with E-state index in [2.05, 4.69) is 15.6 Å². The summed E-state index contributed by atoms with van der Waals surface area (Å²) in [7, 11) is 0. The predicted molar refractivity (Wildman–Crippen MR) is 105 cm³/mol. The lowest BCUT2D eigenvalue weighted by molar-refractivity contribution is 0.157. The Balaban J connectivity index is 1.46. The van der Waals surface area contributed by atoms with Crippen LogP contribution >= 0.6 is 0 Å². The summed E-state index contributed by atoms with van der Waals surface area (Å²) in [5.74, 6) is 0.0914. The van der Waals surface area contributed by atoms with Gasteiger partial charge in [0.2, 0.25) is 0 Å². The minimum atomic E-state index is -0.513. The van der Waals surface area contributed by atoms with E-state index in [1.54, 1.807) is 12.1 Å². The molecule has 1 unspecified atom stereocenters. The summed E-state index contributed by atoms with van der Waals surface area (Å²) >= 11 is 0. The molecule has 0 spiro atoms. The van der Waals surface area contributed by atoms with Gasteiger partial charge >= 0.3 is 6.03 Å². The van der Waals surface area contributed by atoms with Crippen LogP contribution in [-0.2, 0) is 18.5 Å². The highest BCUT2D eigenvalue weighted by molar-refractivity contribution is 5.74. The first-order valence-corrected chi connectivity index (χ1v) is 9.78. The first-order valence-electron chi connectivity index (χ1n) is 9.78. The molecular formula is C20H29FN6O. The third-order valence-electron chi connectivity index (χ3n) is 5.05. The molecule has 8 heteroatoms. The number of amides is 2. The second kappa shape index (κ2) is 8.68. The number of carbonyl (C=O) groups excluding carboxylic acids is 1. The van der Waals surface area contributed by atoms with Crippen LogP contribution in [0.4, 0.5) is 9.18 Å². The highest BCUT2D eigenvalue weighted by Gasteiger charge is 2.25. The van der Waals surface area contributed by atoms with Gasteiger partial charge in [0.15, 0.2) is 0 Å². The van der Waals surface area contributed by atoms with E-state index in [1.807, 2.05) is 29.6 Å². The number of nitrogens with zero attached hydrogens (tertiary/aromatic N) is 4. The van der Waals surface area contributed by atoms with Gasteiger partial charge in [-0.2, -0.15) is 0 Å². The molecule has 0 bridgehead atoms. The van der Waals surface area contributed by atoms with Crippen molar-refractivity contribution in [3.8, 4) is 0 Å². The Morgan fingerprint density at radius 3 is 2.79 bits per heavy atom. The summed E-state index contributed by atoms with van der Waals surface area (Å²) in [5, 5.41) is 11.3. The normalized spacial score (nSPS) is 17.6. The van der Waals surface area contributed by atoms with Gasteiger partial charge in [-0.25, -0.2) is 9.18 Å². The second-order valence-electron chi connectivity index (χ2n) is 8.11. The summed E-state index contributed by atoms with van der Waals surface area (Å²) in [6.45, 7) is 6.52. The number of halogens is 1. The largest absolute Gasteiger partial charge is 0.338 e. The van der Waals surface area contributed by atoms with Gasteiger partial charge < -0.3 is 16.0 Å². The van der Waals surface area contributed by atoms with Gasteiger partial charge in [0.1, 0.15) is 11.5 Å².